The second kappa shape index (κ2) is 6.17. The Bertz CT molecular complexity index is 498. The third-order valence-electron chi connectivity index (χ3n) is 4.47. The molecule has 1 aromatic rings. The van der Waals surface area contributed by atoms with Gasteiger partial charge in [-0.15, -0.1) is 0 Å². The van der Waals surface area contributed by atoms with Gasteiger partial charge in [0, 0.05) is 6.54 Å². The SMILES string of the molecule is CCn1nc(C)c(Cl)c1CC1CC(C)CCC1C(=O)O. The van der Waals surface area contributed by atoms with Crippen molar-refractivity contribution in [3.8, 4) is 0 Å². The molecule has 0 spiro atoms. The van der Waals surface area contributed by atoms with Gasteiger partial charge in [0.05, 0.1) is 22.3 Å². The topological polar surface area (TPSA) is 55.1 Å². The van der Waals surface area contributed by atoms with E-state index in [4.69, 9.17) is 11.6 Å². The molecule has 1 aliphatic rings. The van der Waals surface area contributed by atoms with E-state index < -0.39 is 5.97 Å². The minimum absolute atomic E-state index is 0.162. The lowest BCUT2D eigenvalue weighted by atomic mass is 9.73. The fraction of sp³-hybridized carbons (Fsp3) is 0.733. The Balaban J connectivity index is 2.24. The van der Waals surface area contributed by atoms with Crippen LogP contribution in [0.25, 0.3) is 0 Å². The van der Waals surface area contributed by atoms with Crippen molar-refractivity contribution in [2.24, 2.45) is 17.8 Å². The van der Waals surface area contributed by atoms with E-state index in [0.717, 1.165) is 43.6 Å². The largest absolute Gasteiger partial charge is 0.481 e. The normalized spacial score (nSPS) is 26.7. The van der Waals surface area contributed by atoms with Crippen LogP contribution in [0.1, 0.15) is 44.5 Å². The molecule has 1 aromatic heterocycles. The minimum atomic E-state index is -0.669. The first-order chi connectivity index (χ1) is 9.43. The van der Waals surface area contributed by atoms with Crippen LogP contribution in [0.2, 0.25) is 5.02 Å². The quantitative estimate of drug-likeness (QED) is 0.925. The van der Waals surface area contributed by atoms with Crippen LogP contribution in [0.3, 0.4) is 0 Å². The van der Waals surface area contributed by atoms with Gasteiger partial charge in [0.15, 0.2) is 0 Å². The molecule has 0 radical (unpaired) electrons. The van der Waals surface area contributed by atoms with Gasteiger partial charge in [-0.1, -0.05) is 18.5 Å². The van der Waals surface area contributed by atoms with Crippen molar-refractivity contribution < 1.29 is 9.90 Å². The molecular weight excluding hydrogens is 276 g/mol. The van der Waals surface area contributed by atoms with Crippen LogP contribution in [-0.4, -0.2) is 20.9 Å². The number of halogens is 1. The van der Waals surface area contributed by atoms with Gasteiger partial charge >= 0.3 is 5.97 Å². The lowest BCUT2D eigenvalue weighted by Crippen LogP contribution is -2.31. The van der Waals surface area contributed by atoms with Crippen LogP contribution in [0, 0.1) is 24.7 Å². The molecule has 3 unspecified atom stereocenters. The summed E-state index contributed by atoms with van der Waals surface area (Å²) in [4.78, 5) is 11.5. The van der Waals surface area contributed by atoms with Crippen LogP contribution in [0.15, 0.2) is 0 Å². The number of hydrogen-bond donors (Lipinski definition) is 1. The number of carboxylic acids is 1. The molecule has 1 aliphatic carbocycles. The summed E-state index contributed by atoms with van der Waals surface area (Å²) in [7, 11) is 0. The van der Waals surface area contributed by atoms with Gasteiger partial charge in [0.1, 0.15) is 0 Å². The molecular formula is C15H23ClN2O2. The molecule has 0 aliphatic heterocycles. The van der Waals surface area contributed by atoms with Crippen molar-refractivity contribution in [2.45, 2.75) is 53.0 Å². The third-order valence-corrected chi connectivity index (χ3v) is 4.96. The Morgan fingerprint density at radius 2 is 2.20 bits per heavy atom. The summed E-state index contributed by atoms with van der Waals surface area (Å²) < 4.78 is 1.91. The minimum Gasteiger partial charge on any atom is -0.481 e. The van der Waals surface area contributed by atoms with Gasteiger partial charge in [-0.05, 0) is 51.4 Å². The highest BCUT2D eigenvalue weighted by Crippen LogP contribution is 2.37. The molecule has 1 N–H and O–H groups in total. The van der Waals surface area contributed by atoms with Crippen molar-refractivity contribution in [2.75, 3.05) is 0 Å². The van der Waals surface area contributed by atoms with Crippen LogP contribution in [0.4, 0.5) is 0 Å². The van der Waals surface area contributed by atoms with E-state index in [1.54, 1.807) is 0 Å². The third kappa shape index (κ3) is 3.00. The van der Waals surface area contributed by atoms with Crippen molar-refractivity contribution in [1.82, 2.24) is 9.78 Å². The number of aryl methyl sites for hydroxylation is 2. The molecule has 0 amide bonds. The van der Waals surface area contributed by atoms with E-state index in [-0.39, 0.29) is 11.8 Å². The summed E-state index contributed by atoms with van der Waals surface area (Å²) in [6.07, 6.45) is 3.46. The number of aromatic nitrogens is 2. The first-order valence-electron chi connectivity index (χ1n) is 7.38. The molecule has 0 bridgehead atoms. The van der Waals surface area contributed by atoms with Crippen LogP contribution in [-0.2, 0) is 17.8 Å². The summed E-state index contributed by atoms with van der Waals surface area (Å²) in [6, 6.07) is 0. The maximum absolute atomic E-state index is 11.5. The van der Waals surface area contributed by atoms with Crippen LogP contribution >= 0.6 is 11.6 Å². The molecule has 112 valence electrons. The number of rotatable bonds is 4. The molecule has 0 aromatic carbocycles. The van der Waals surface area contributed by atoms with E-state index in [1.165, 1.54) is 0 Å². The predicted octanol–water partition coefficient (Wildman–Crippen LogP) is 3.54. The summed E-state index contributed by atoms with van der Waals surface area (Å²) in [5.74, 6) is -0.163. The van der Waals surface area contributed by atoms with Gasteiger partial charge in [-0.2, -0.15) is 5.10 Å². The van der Waals surface area contributed by atoms with Crippen molar-refractivity contribution in [3.05, 3.63) is 16.4 Å². The highest BCUT2D eigenvalue weighted by Gasteiger charge is 2.34. The monoisotopic (exact) mass is 298 g/mol. The summed E-state index contributed by atoms with van der Waals surface area (Å²) >= 11 is 6.34. The Labute approximate surface area is 125 Å². The van der Waals surface area contributed by atoms with Crippen molar-refractivity contribution >= 4 is 17.6 Å². The molecule has 20 heavy (non-hydrogen) atoms. The summed E-state index contributed by atoms with van der Waals surface area (Å²) in [6.45, 7) is 6.90. The Morgan fingerprint density at radius 3 is 2.80 bits per heavy atom. The van der Waals surface area contributed by atoms with E-state index in [1.807, 2.05) is 18.5 Å². The molecule has 0 saturated heterocycles. The average Bonchev–Trinajstić information content (AvgIpc) is 2.66. The highest BCUT2D eigenvalue weighted by atomic mass is 35.5. The number of aliphatic carboxylic acids is 1. The zero-order valence-corrected chi connectivity index (χ0v) is 13.2. The van der Waals surface area contributed by atoms with Gasteiger partial charge in [-0.25, -0.2) is 0 Å². The standard InChI is InChI=1S/C15H23ClN2O2/c1-4-18-13(14(16)10(3)17-18)8-11-7-9(2)5-6-12(11)15(19)20/h9,11-12H,4-8H2,1-3H3,(H,19,20). The molecule has 1 heterocycles. The molecule has 5 heteroatoms. The van der Waals surface area contributed by atoms with Crippen LogP contribution in [0.5, 0.6) is 0 Å². The number of carbonyl (C=O) groups is 1. The van der Waals surface area contributed by atoms with E-state index >= 15 is 0 Å². The van der Waals surface area contributed by atoms with E-state index in [2.05, 4.69) is 12.0 Å². The lowest BCUT2D eigenvalue weighted by Gasteiger charge is -2.32. The molecule has 1 saturated carbocycles. The van der Waals surface area contributed by atoms with E-state index in [0.29, 0.717) is 10.9 Å². The lowest BCUT2D eigenvalue weighted by molar-refractivity contribution is -0.145. The van der Waals surface area contributed by atoms with Gasteiger partial charge in [0.2, 0.25) is 0 Å². The van der Waals surface area contributed by atoms with Crippen molar-refractivity contribution in [3.63, 3.8) is 0 Å². The zero-order valence-electron chi connectivity index (χ0n) is 12.4. The molecule has 3 atom stereocenters. The van der Waals surface area contributed by atoms with Gasteiger partial charge < -0.3 is 5.11 Å². The number of hydrogen-bond acceptors (Lipinski definition) is 2. The Kier molecular flexibility index (Phi) is 4.74. The van der Waals surface area contributed by atoms with E-state index in [9.17, 15) is 9.90 Å². The molecule has 4 nitrogen and oxygen atoms in total. The van der Waals surface area contributed by atoms with Crippen LogP contribution < -0.4 is 0 Å². The van der Waals surface area contributed by atoms with Gasteiger partial charge in [-0.3, -0.25) is 9.48 Å². The average molecular weight is 299 g/mol. The smallest absolute Gasteiger partial charge is 0.306 e. The molecule has 2 rings (SSSR count). The highest BCUT2D eigenvalue weighted by molar-refractivity contribution is 6.31. The summed E-state index contributed by atoms with van der Waals surface area (Å²) in [5.41, 5.74) is 1.83. The maximum Gasteiger partial charge on any atom is 0.306 e. The Hall–Kier alpha value is -1.03. The Morgan fingerprint density at radius 1 is 1.50 bits per heavy atom. The molecule has 1 fully saturated rings. The second-order valence-corrected chi connectivity index (χ2v) is 6.37. The van der Waals surface area contributed by atoms with Crippen molar-refractivity contribution in [1.29, 1.82) is 0 Å². The second-order valence-electron chi connectivity index (χ2n) is 5.99. The van der Waals surface area contributed by atoms with Gasteiger partial charge in [0.25, 0.3) is 0 Å². The summed E-state index contributed by atoms with van der Waals surface area (Å²) in [5, 5.41) is 14.5. The number of carboxylic acid groups (broad SMARTS) is 1. The predicted molar refractivity (Wildman–Crippen MR) is 79.0 cm³/mol. The zero-order chi connectivity index (χ0) is 14.9. The first-order valence-corrected chi connectivity index (χ1v) is 7.76. The fourth-order valence-electron chi connectivity index (χ4n) is 3.36. The maximum atomic E-state index is 11.5. The number of nitrogens with zero attached hydrogens (tertiary/aromatic N) is 2. The fourth-order valence-corrected chi connectivity index (χ4v) is 3.57. The first kappa shape index (κ1) is 15.4.